The van der Waals surface area contributed by atoms with E-state index in [1.807, 2.05) is 0 Å². The first-order valence-electron chi connectivity index (χ1n) is 14.8. The van der Waals surface area contributed by atoms with Gasteiger partial charge in [-0.05, 0) is 116 Å². The van der Waals surface area contributed by atoms with Crippen LogP contribution >= 0.6 is 0 Å². The highest BCUT2D eigenvalue weighted by molar-refractivity contribution is 5.80. The minimum atomic E-state index is 1.13. The van der Waals surface area contributed by atoms with Gasteiger partial charge in [-0.1, -0.05) is 96.6 Å². The molecule has 0 spiro atoms. The van der Waals surface area contributed by atoms with Crippen molar-refractivity contribution in [2.75, 3.05) is 9.80 Å². The predicted octanol–water partition coefficient (Wildman–Crippen LogP) is 11.7. The molecule has 6 aromatic carbocycles. The summed E-state index contributed by atoms with van der Waals surface area (Å²) in [6.07, 6.45) is 4.35. The summed E-state index contributed by atoms with van der Waals surface area (Å²) in [4.78, 5) is 4.61. The van der Waals surface area contributed by atoms with Gasteiger partial charge in [0.25, 0.3) is 0 Å². The molecular weight excluding hydrogens is 520 g/mol. The lowest BCUT2D eigenvalue weighted by molar-refractivity contribution is 1.26. The number of anilines is 6. The fourth-order valence-corrected chi connectivity index (χ4v) is 5.36. The molecule has 0 saturated heterocycles. The zero-order valence-corrected chi connectivity index (χ0v) is 25.0. The molecule has 0 saturated carbocycles. The van der Waals surface area contributed by atoms with E-state index in [1.165, 1.54) is 16.7 Å². The van der Waals surface area contributed by atoms with Crippen molar-refractivity contribution in [3.63, 3.8) is 0 Å². The first-order valence-corrected chi connectivity index (χ1v) is 14.8. The summed E-state index contributed by atoms with van der Waals surface area (Å²) in [6.45, 7) is 6.40. The summed E-state index contributed by atoms with van der Waals surface area (Å²) >= 11 is 0. The van der Waals surface area contributed by atoms with Crippen LogP contribution in [0.4, 0.5) is 34.1 Å². The quantitative estimate of drug-likeness (QED) is 0.172. The normalized spacial score (nSPS) is 11.0. The van der Waals surface area contributed by atoms with E-state index in [-0.39, 0.29) is 0 Å². The molecule has 210 valence electrons. The van der Waals surface area contributed by atoms with Crippen molar-refractivity contribution >= 4 is 46.3 Å². The van der Waals surface area contributed by atoms with Crippen molar-refractivity contribution in [2.24, 2.45) is 0 Å². The summed E-state index contributed by atoms with van der Waals surface area (Å²) in [5.74, 6) is 0. The molecule has 0 radical (unpaired) electrons. The third-order valence-corrected chi connectivity index (χ3v) is 7.60. The van der Waals surface area contributed by atoms with Gasteiger partial charge in [-0.2, -0.15) is 0 Å². The fourth-order valence-electron chi connectivity index (χ4n) is 5.36. The van der Waals surface area contributed by atoms with Crippen LogP contribution < -0.4 is 9.80 Å². The molecule has 2 nitrogen and oxygen atoms in total. The Balaban J connectivity index is 1.24. The second kappa shape index (κ2) is 12.7. The van der Waals surface area contributed by atoms with Crippen LogP contribution in [0, 0.1) is 20.8 Å². The Morgan fingerprint density at radius 3 is 1.14 bits per heavy atom. The topological polar surface area (TPSA) is 6.48 Å². The zero-order chi connectivity index (χ0) is 29.6. The van der Waals surface area contributed by atoms with Gasteiger partial charge in [-0.15, -0.1) is 0 Å². The molecule has 0 aliphatic carbocycles. The Morgan fingerprint density at radius 1 is 0.326 bits per heavy atom. The summed E-state index contributed by atoms with van der Waals surface area (Å²) < 4.78 is 0. The van der Waals surface area contributed by atoms with Gasteiger partial charge in [0.2, 0.25) is 0 Å². The highest BCUT2D eigenvalue weighted by Gasteiger charge is 2.13. The van der Waals surface area contributed by atoms with Crippen LogP contribution in [0.2, 0.25) is 0 Å². The standard InChI is InChI=1S/C41H36N2/c1-31-15-23-37(24-16-31)42(36-11-5-4-6-12-36)38-25-19-34(20-26-38)17-18-35-21-27-39(28-22-35)43(40-13-7-9-32(2)29-40)41-14-8-10-33(3)30-41/h4-30H,1-3H3/b18-17+. The smallest absolute Gasteiger partial charge is 0.0464 e. The molecule has 6 rings (SSSR count). The van der Waals surface area contributed by atoms with Crippen LogP contribution in [0.3, 0.4) is 0 Å². The Labute approximate surface area is 255 Å². The maximum atomic E-state index is 2.32. The summed E-state index contributed by atoms with van der Waals surface area (Å²) in [5.41, 5.74) is 12.9. The van der Waals surface area contributed by atoms with Crippen molar-refractivity contribution in [2.45, 2.75) is 20.8 Å². The van der Waals surface area contributed by atoms with Crippen molar-refractivity contribution in [1.82, 2.24) is 0 Å². The van der Waals surface area contributed by atoms with Crippen LogP contribution in [0.15, 0.2) is 152 Å². The van der Waals surface area contributed by atoms with Gasteiger partial charge < -0.3 is 9.80 Å². The van der Waals surface area contributed by atoms with E-state index in [0.29, 0.717) is 0 Å². The Bertz CT molecular complexity index is 1770. The van der Waals surface area contributed by atoms with Crippen LogP contribution in [0.25, 0.3) is 12.2 Å². The van der Waals surface area contributed by atoms with Gasteiger partial charge in [0.15, 0.2) is 0 Å². The Hall–Kier alpha value is -5.34. The third-order valence-electron chi connectivity index (χ3n) is 7.60. The van der Waals surface area contributed by atoms with Crippen molar-refractivity contribution in [3.05, 3.63) is 179 Å². The largest absolute Gasteiger partial charge is 0.311 e. The van der Waals surface area contributed by atoms with Crippen molar-refractivity contribution in [3.8, 4) is 0 Å². The lowest BCUT2D eigenvalue weighted by Gasteiger charge is -2.26. The molecule has 0 aliphatic heterocycles. The number of para-hydroxylation sites is 1. The van der Waals surface area contributed by atoms with Gasteiger partial charge in [-0.25, -0.2) is 0 Å². The number of aryl methyl sites for hydroxylation is 3. The molecule has 6 aromatic rings. The lowest BCUT2D eigenvalue weighted by atomic mass is 10.1. The molecular formula is C41H36N2. The van der Waals surface area contributed by atoms with Crippen LogP contribution in [-0.4, -0.2) is 0 Å². The summed E-state index contributed by atoms with van der Waals surface area (Å²) in [5, 5.41) is 0. The van der Waals surface area contributed by atoms with Gasteiger partial charge in [0, 0.05) is 34.1 Å². The molecule has 0 heterocycles. The first kappa shape index (κ1) is 27.8. The average Bonchev–Trinajstić information content (AvgIpc) is 3.03. The molecule has 0 fully saturated rings. The zero-order valence-electron chi connectivity index (χ0n) is 25.0. The number of nitrogens with zero attached hydrogens (tertiary/aromatic N) is 2. The third kappa shape index (κ3) is 6.60. The SMILES string of the molecule is Cc1ccc(N(c2ccccc2)c2ccc(/C=C/c3ccc(N(c4cccc(C)c4)c4cccc(C)c4)cc3)cc2)cc1. The van der Waals surface area contributed by atoms with Gasteiger partial charge in [-0.3, -0.25) is 0 Å². The molecule has 2 heteroatoms. The van der Waals surface area contributed by atoms with E-state index in [2.05, 4.69) is 194 Å². The van der Waals surface area contributed by atoms with E-state index in [0.717, 1.165) is 45.3 Å². The van der Waals surface area contributed by atoms with Gasteiger partial charge >= 0.3 is 0 Å². The van der Waals surface area contributed by atoms with Gasteiger partial charge in [0.1, 0.15) is 0 Å². The van der Waals surface area contributed by atoms with E-state index < -0.39 is 0 Å². The number of rotatable bonds is 8. The van der Waals surface area contributed by atoms with Crippen molar-refractivity contribution < 1.29 is 0 Å². The minimum Gasteiger partial charge on any atom is -0.311 e. The number of benzene rings is 6. The summed E-state index contributed by atoms with van der Waals surface area (Å²) in [7, 11) is 0. The maximum Gasteiger partial charge on any atom is 0.0464 e. The molecule has 0 atom stereocenters. The minimum absolute atomic E-state index is 1.13. The molecule has 0 aliphatic rings. The lowest BCUT2D eigenvalue weighted by Crippen LogP contribution is -2.10. The van der Waals surface area contributed by atoms with E-state index in [4.69, 9.17) is 0 Å². The first-order chi connectivity index (χ1) is 21.0. The molecule has 0 bridgehead atoms. The van der Waals surface area contributed by atoms with E-state index in [9.17, 15) is 0 Å². The predicted molar refractivity (Wildman–Crippen MR) is 185 cm³/mol. The monoisotopic (exact) mass is 556 g/mol. The molecule has 0 aromatic heterocycles. The second-order valence-corrected chi connectivity index (χ2v) is 11.0. The molecule has 0 amide bonds. The summed E-state index contributed by atoms with van der Waals surface area (Å²) in [6, 6.07) is 54.1. The van der Waals surface area contributed by atoms with Gasteiger partial charge in [0.05, 0.1) is 0 Å². The number of hydrogen-bond donors (Lipinski definition) is 0. The molecule has 0 N–H and O–H groups in total. The average molecular weight is 557 g/mol. The molecule has 0 unspecified atom stereocenters. The fraction of sp³-hybridized carbons (Fsp3) is 0.0732. The number of hydrogen-bond acceptors (Lipinski definition) is 2. The Kier molecular flexibility index (Phi) is 8.19. The van der Waals surface area contributed by atoms with Crippen LogP contribution in [0.1, 0.15) is 27.8 Å². The highest BCUT2D eigenvalue weighted by Crippen LogP contribution is 2.36. The maximum absolute atomic E-state index is 2.32. The Morgan fingerprint density at radius 2 is 0.698 bits per heavy atom. The highest BCUT2D eigenvalue weighted by atomic mass is 15.1. The van der Waals surface area contributed by atoms with Crippen LogP contribution in [-0.2, 0) is 0 Å². The second-order valence-electron chi connectivity index (χ2n) is 11.0. The van der Waals surface area contributed by atoms with Crippen LogP contribution in [0.5, 0.6) is 0 Å². The van der Waals surface area contributed by atoms with E-state index >= 15 is 0 Å². The molecule has 43 heavy (non-hydrogen) atoms. The van der Waals surface area contributed by atoms with Crippen molar-refractivity contribution in [1.29, 1.82) is 0 Å². The van der Waals surface area contributed by atoms with E-state index in [1.54, 1.807) is 0 Å².